The lowest BCUT2D eigenvalue weighted by Gasteiger charge is -2.19. The number of amides is 1. The predicted molar refractivity (Wildman–Crippen MR) is 145 cm³/mol. The number of hydrogen-bond donors (Lipinski definition) is 0. The van der Waals surface area contributed by atoms with Gasteiger partial charge in [-0.1, -0.05) is 67.1 Å². The summed E-state index contributed by atoms with van der Waals surface area (Å²) in [6.07, 6.45) is 2.60. The summed E-state index contributed by atoms with van der Waals surface area (Å²) in [5, 5.41) is 0.221. The maximum absolute atomic E-state index is 13.6. The minimum atomic E-state index is -0.497. The Hall–Kier alpha value is -3.97. The maximum atomic E-state index is 13.6. The first-order valence-electron chi connectivity index (χ1n) is 11.7. The van der Waals surface area contributed by atoms with E-state index in [1.807, 2.05) is 73.7 Å². The minimum Gasteiger partial charge on any atom is -0.488 e. The third-order valence-electron chi connectivity index (χ3n) is 5.94. The van der Waals surface area contributed by atoms with Gasteiger partial charge >= 0.3 is 5.97 Å². The predicted octanol–water partition coefficient (Wildman–Crippen LogP) is 5.28. The van der Waals surface area contributed by atoms with Crippen molar-refractivity contribution in [3.8, 4) is 5.75 Å². The van der Waals surface area contributed by atoms with Crippen molar-refractivity contribution in [3.63, 3.8) is 0 Å². The number of anilines is 1. The Morgan fingerprint density at radius 1 is 1.00 bits per heavy atom. The Kier molecular flexibility index (Phi) is 7.80. The van der Waals surface area contributed by atoms with Crippen LogP contribution >= 0.6 is 12.2 Å². The second-order valence-electron chi connectivity index (χ2n) is 8.45. The molecule has 0 radical (unpaired) electrons. The third kappa shape index (κ3) is 5.47. The number of ether oxygens (including phenoxy) is 2. The van der Waals surface area contributed by atoms with Gasteiger partial charge in [0.15, 0.2) is 5.11 Å². The zero-order valence-corrected chi connectivity index (χ0v) is 21.4. The highest BCUT2D eigenvalue weighted by molar-refractivity contribution is 7.80. The molecule has 184 valence electrons. The summed E-state index contributed by atoms with van der Waals surface area (Å²) in [4.78, 5) is 28.8. The second kappa shape index (κ2) is 11.2. The summed E-state index contributed by atoms with van der Waals surface area (Å²) in [6.45, 7) is 4.31. The van der Waals surface area contributed by atoms with Crippen LogP contribution in [0.4, 0.5) is 5.69 Å². The monoisotopic (exact) mass is 500 g/mol. The van der Waals surface area contributed by atoms with E-state index in [9.17, 15) is 9.59 Å². The van der Waals surface area contributed by atoms with E-state index in [0.717, 1.165) is 23.1 Å². The van der Waals surface area contributed by atoms with Gasteiger partial charge in [0.25, 0.3) is 5.91 Å². The molecule has 1 saturated heterocycles. The van der Waals surface area contributed by atoms with Gasteiger partial charge < -0.3 is 14.4 Å². The Morgan fingerprint density at radius 2 is 1.75 bits per heavy atom. The van der Waals surface area contributed by atoms with E-state index < -0.39 is 5.97 Å². The number of aryl methyl sites for hydroxylation is 2. The Morgan fingerprint density at radius 3 is 2.44 bits per heavy atom. The Labute approximate surface area is 216 Å². The standard InChI is InChI=1S/C29H28N2O4S/c1-4-21-12-14-24(15-13-21)31-28(33)25(30(29(31)36)18-27(32)34-3)17-23-10-5-6-11-26(23)35-19-22-9-7-8-20(2)16-22/h5-17H,4,18-19H2,1-3H3/b25-17-. The highest BCUT2D eigenvalue weighted by Gasteiger charge is 2.40. The van der Waals surface area contributed by atoms with Crippen LogP contribution in [-0.2, 0) is 27.4 Å². The van der Waals surface area contributed by atoms with Crippen LogP contribution in [0.5, 0.6) is 5.75 Å². The fourth-order valence-electron chi connectivity index (χ4n) is 3.98. The van der Waals surface area contributed by atoms with Crippen LogP contribution in [0.1, 0.15) is 29.2 Å². The molecule has 7 heteroatoms. The van der Waals surface area contributed by atoms with Crippen LogP contribution < -0.4 is 9.64 Å². The molecule has 0 atom stereocenters. The van der Waals surface area contributed by atoms with Crippen molar-refractivity contribution in [2.75, 3.05) is 18.6 Å². The van der Waals surface area contributed by atoms with E-state index >= 15 is 0 Å². The maximum Gasteiger partial charge on any atom is 0.325 e. The average molecular weight is 501 g/mol. The SMILES string of the molecule is CCc1ccc(N2C(=O)/C(=C/c3ccccc3OCc3cccc(C)c3)N(CC(=O)OC)C2=S)cc1. The molecule has 1 aliphatic heterocycles. The van der Waals surface area contributed by atoms with Gasteiger partial charge in [0.1, 0.15) is 24.6 Å². The molecular weight excluding hydrogens is 472 g/mol. The lowest BCUT2D eigenvalue weighted by atomic mass is 10.1. The number of carbonyl (C=O) groups is 2. The van der Waals surface area contributed by atoms with E-state index in [0.29, 0.717) is 23.6 Å². The number of esters is 1. The number of para-hydroxylation sites is 1. The fraction of sp³-hybridized carbons (Fsp3) is 0.207. The van der Waals surface area contributed by atoms with Crippen molar-refractivity contribution in [1.29, 1.82) is 0 Å². The molecule has 0 aliphatic carbocycles. The van der Waals surface area contributed by atoms with Crippen LogP contribution in [0.15, 0.2) is 78.5 Å². The molecule has 0 unspecified atom stereocenters. The molecule has 3 aromatic rings. The van der Waals surface area contributed by atoms with Crippen molar-refractivity contribution in [3.05, 3.63) is 101 Å². The van der Waals surface area contributed by atoms with Crippen molar-refractivity contribution in [1.82, 2.24) is 4.90 Å². The van der Waals surface area contributed by atoms with Gasteiger partial charge in [-0.3, -0.25) is 14.5 Å². The fourth-order valence-corrected chi connectivity index (χ4v) is 4.33. The summed E-state index contributed by atoms with van der Waals surface area (Å²) < 4.78 is 11.0. The summed E-state index contributed by atoms with van der Waals surface area (Å²) in [5.41, 5.74) is 4.97. The van der Waals surface area contributed by atoms with Gasteiger partial charge in [0.2, 0.25) is 0 Å². The Balaban J connectivity index is 1.68. The number of thiocarbonyl (C=S) groups is 1. The summed E-state index contributed by atoms with van der Waals surface area (Å²) in [6, 6.07) is 23.2. The van der Waals surface area contributed by atoms with E-state index in [1.165, 1.54) is 16.9 Å². The highest BCUT2D eigenvalue weighted by Crippen LogP contribution is 2.31. The van der Waals surface area contributed by atoms with Gasteiger partial charge in [0, 0.05) is 5.56 Å². The van der Waals surface area contributed by atoms with Gasteiger partial charge in [-0.2, -0.15) is 0 Å². The van der Waals surface area contributed by atoms with Crippen molar-refractivity contribution < 1.29 is 19.1 Å². The normalized spacial score (nSPS) is 14.5. The Bertz CT molecular complexity index is 1320. The number of carbonyl (C=O) groups excluding carboxylic acids is 2. The number of hydrogen-bond acceptors (Lipinski definition) is 5. The molecule has 0 aromatic heterocycles. The summed E-state index contributed by atoms with van der Waals surface area (Å²) >= 11 is 5.65. The van der Waals surface area contributed by atoms with Gasteiger partial charge in [-0.25, -0.2) is 0 Å². The lowest BCUT2D eigenvalue weighted by molar-refractivity contribution is -0.140. The molecule has 4 rings (SSSR count). The summed E-state index contributed by atoms with van der Waals surface area (Å²) in [5.74, 6) is -0.196. The van der Waals surface area contributed by atoms with E-state index in [-0.39, 0.29) is 23.3 Å². The van der Waals surface area contributed by atoms with Crippen LogP contribution in [-0.4, -0.2) is 35.5 Å². The summed E-state index contributed by atoms with van der Waals surface area (Å²) in [7, 11) is 1.31. The number of methoxy groups -OCH3 is 1. The van der Waals surface area contributed by atoms with Crippen LogP contribution in [0.25, 0.3) is 6.08 Å². The topological polar surface area (TPSA) is 59.1 Å². The molecule has 0 N–H and O–H groups in total. The van der Waals surface area contributed by atoms with Crippen molar-refractivity contribution >= 4 is 41.0 Å². The quantitative estimate of drug-likeness (QED) is 0.238. The lowest BCUT2D eigenvalue weighted by Crippen LogP contribution is -2.35. The van der Waals surface area contributed by atoms with Crippen LogP contribution in [0.3, 0.4) is 0 Å². The highest BCUT2D eigenvalue weighted by atomic mass is 32.1. The molecule has 0 saturated carbocycles. The van der Waals surface area contributed by atoms with Crippen molar-refractivity contribution in [2.24, 2.45) is 0 Å². The number of rotatable bonds is 8. The molecule has 1 amide bonds. The largest absolute Gasteiger partial charge is 0.488 e. The molecule has 0 bridgehead atoms. The first-order chi connectivity index (χ1) is 17.4. The van der Waals surface area contributed by atoms with E-state index in [2.05, 4.69) is 13.0 Å². The first-order valence-corrected chi connectivity index (χ1v) is 12.1. The molecular formula is C29H28N2O4S. The van der Waals surface area contributed by atoms with Crippen LogP contribution in [0, 0.1) is 6.92 Å². The average Bonchev–Trinajstić information content (AvgIpc) is 3.12. The minimum absolute atomic E-state index is 0.178. The molecule has 1 aliphatic rings. The van der Waals surface area contributed by atoms with Gasteiger partial charge in [0.05, 0.1) is 12.8 Å². The zero-order chi connectivity index (χ0) is 25.7. The molecule has 0 spiro atoms. The molecule has 6 nitrogen and oxygen atoms in total. The second-order valence-corrected chi connectivity index (χ2v) is 8.82. The molecule has 1 heterocycles. The van der Waals surface area contributed by atoms with Crippen LogP contribution in [0.2, 0.25) is 0 Å². The molecule has 1 fully saturated rings. The molecule has 36 heavy (non-hydrogen) atoms. The van der Waals surface area contributed by atoms with E-state index in [1.54, 1.807) is 6.08 Å². The number of benzene rings is 3. The van der Waals surface area contributed by atoms with Crippen molar-refractivity contribution in [2.45, 2.75) is 26.9 Å². The van der Waals surface area contributed by atoms with Gasteiger partial charge in [-0.15, -0.1) is 0 Å². The third-order valence-corrected chi connectivity index (χ3v) is 6.34. The first kappa shape index (κ1) is 25.1. The smallest absolute Gasteiger partial charge is 0.325 e. The number of nitrogens with zero attached hydrogens (tertiary/aromatic N) is 2. The van der Waals surface area contributed by atoms with Gasteiger partial charge in [-0.05, 0) is 61.0 Å². The van der Waals surface area contributed by atoms with E-state index in [4.69, 9.17) is 21.7 Å². The molecule has 3 aromatic carbocycles. The zero-order valence-electron chi connectivity index (χ0n) is 20.6.